The Morgan fingerprint density at radius 3 is 2.96 bits per heavy atom. The Hall–Kier alpha value is -3.14. The standard InChI is InChI=1S/C18H15F2N3O2/c19-14-5-13-6-15(10-25-17(13)16(20)7-14)23-18(24)22-9-12-3-1-2-11(4-12)8-21/h1-5,7,15H,6,9-10H2,(H2,22,23,24). The maximum atomic E-state index is 13.6. The van der Waals surface area contributed by atoms with Crippen LogP contribution in [0.1, 0.15) is 16.7 Å². The summed E-state index contributed by atoms with van der Waals surface area (Å²) in [7, 11) is 0. The maximum Gasteiger partial charge on any atom is 0.315 e. The minimum absolute atomic E-state index is 0.0353. The van der Waals surface area contributed by atoms with Gasteiger partial charge in [-0.2, -0.15) is 5.26 Å². The fraction of sp³-hybridized carbons (Fsp3) is 0.222. The lowest BCUT2D eigenvalue weighted by Crippen LogP contribution is -2.47. The molecule has 1 atom stereocenters. The molecule has 0 spiro atoms. The van der Waals surface area contributed by atoms with Gasteiger partial charge in [-0.3, -0.25) is 0 Å². The first-order valence-electron chi connectivity index (χ1n) is 7.69. The van der Waals surface area contributed by atoms with Crippen molar-refractivity contribution in [2.24, 2.45) is 0 Å². The molecule has 128 valence electrons. The molecule has 5 nitrogen and oxygen atoms in total. The fourth-order valence-corrected chi connectivity index (χ4v) is 2.70. The third-order valence-electron chi connectivity index (χ3n) is 3.82. The topological polar surface area (TPSA) is 74.2 Å². The number of ether oxygens (including phenoxy) is 1. The Balaban J connectivity index is 1.56. The van der Waals surface area contributed by atoms with E-state index >= 15 is 0 Å². The van der Waals surface area contributed by atoms with E-state index in [9.17, 15) is 13.6 Å². The molecule has 2 amide bonds. The van der Waals surface area contributed by atoms with E-state index < -0.39 is 17.7 Å². The Bertz CT molecular complexity index is 849. The summed E-state index contributed by atoms with van der Waals surface area (Å²) < 4.78 is 32.2. The summed E-state index contributed by atoms with van der Waals surface area (Å²) in [5.74, 6) is -1.38. The number of hydrogen-bond acceptors (Lipinski definition) is 3. The van der Waals surface area contributed by atoms with Crippen molar-refractivity contribution < 1.29 is 18.3 Å². The van der Waals surface area contributed by atoms with Gasteiger partial charge < -0.3 is 15.4 Å². The molecular weight excluding hydrogens is 328 g/mol. The Morgan fingerprint density at radius 1 is 1.32 bits per heavy atom. The normalized spacial score (nSPS) is 15.5. The third kappa shape index (κ3) is 4.04. The van der Waals surface area contributed by atoms with Crippen molar-refractivity contribution in [1.29, 1.82) is 5.26 Å². The van der Waals surface area contributed by atoms with Gasteiger partial charge in [0.1, 0.15) is 12.4 Å². The van der Waals surface area contributed by atoms with Crippen molar-refractivity contribution >= 4 is 6.03 Å². The highest BCUT2D eigenvalue weighted by Crippen LogP contribution is 2.28. The minimum atomic E-state index is -0.740. The van der Waals surface area contributed by atoms with Crippen molar-refractivity contribution in [2.75, 3.05) is 6.61 Å². The molecule has 0 radical (unpaired) electrons. The second-order valence-corrected chi connectivity index (χ2v) is 5.73. The summed E-state index contributed by atoms with van der Waals surface area (Å²) in [5, 5.41) is 14.3. The first-order chi connectivity index (χ1) is 12.0. The molecule has 1 aliphatic rings. The predicted molar refractivity (Wildman–Crippen MR) is 85.9 cm³/mol. The number of rotatable bonds is 3. The van der Waals surface area contributed by atoms with Crippen LogP contribution in [0.2, 0.25) is 0 Å². The summed E-state index contributed by atoms with van der Waals surface area (Å²) in [6.45, 7) is 0.363. The molecule has 0 saturated carbocycles. The number of halogens is 2. The smallest absolute Gasteiger partial charge is 0.315 e. The van der Waals surface area contributed by atoms with Crippen molar-refractivity contribution in [3.05, 3.63) is 64.7 Å². The number of carbonyl (C=O) groups excluding carboxylic acids is 1. The van der Waals surface area contributed by atoms with E-state index in [4.69, 9.17) is 10.00 Å². The van der Waals surface area contributed by atoms with Crippen molar-refractivity contribution in [3.63, 3.8) is 0 Å². The van der Waals surface area contributed by atoms with Crippen molar-refractivity contribution in [3.8, 4) is 11.8 Å². The Labute approximate surface area is 143 Å². The van der Waals surface area contributed by atoms with E-state index in [1.807, 2.05) is 6.07 Å². The summed E-state index contributed by atoms with van der Waals surface area (Å²) in [4.78, 5) is 12.0. The van der Waals surface area contributed by atoms with Gasteiger partial charge in [0.25, 0.3) is 0 Å². The summed E-state index contributed by atoms with van der Waals surface area (Å²) in [5.41, 5.74) is 1.69. The molecular formula is C18H15F2N3O2. The average molecular weight is 343 g/mol. The van der Waals surface area contributed by atoms with Gasteiger partial charge in [0.2, 0.25) is 0 Å². The quantitative estimate of drug-likeness (QED) is 0.900. The average Bonchev–Trinajstić information content (AvgIpc) is 2.59. The molecule has 0 aliphatic carbocycles. The number of hydrogen-bond donors (Lipinski definition) is 2. The van der Waals surface area contributed by atoms with Crippen LogP contribution >= 0.6 is 0 Å². The molecule has 3 rings (SSSR count). The van der Waals surface area contributed by atoms with Crippen LogP contribution in [-0.4, -0.2) is 18.7 Å². The molecule has 1 unspecified atom stereocenters. The molecule has 0 saturated heterocycles. The van der Waals surface area contributed by atoms with Gasteiger partial charge in [-0.1, -0.05) is 12.1 Å². The van der Waals surface area contributed by atoms with Crippen LogP contribution in [0.3, 0.4) is 0 Å². The van der Waals surface area contributed by atoms with Gasteiger partial charge in [-0.25, -0.2) is 13.6 Å². The highest BCUT2D eigenvalue weighted by molar-refractivity contribution is 5.74. The van der Waals surface area contributed by atoms with Crippen LogP contribution in [0, 0.1) is 23.0 Å². The van der Waals surface area contributed by atoms with Gasteiger partial charge in [-0.15, -0.1) is 0 Å². The molecule has 0 bridgehead atoms. The first-order valence-corrected chi connectivity index (χ1v) is 7.69. The number of benzene rings is 2. The van der Waals surface area contributed by atoms with Crippen molar-refractivity contribution in [2.45, 2.75) is 19.0 Å². The van der Waals surface area contributed by atoms with Crippen LogP contribution in [-0.2, 0) is 13.0 Å². The van der Waals surface area contributed by atoms with E-state index in [0.29, 0.717) is 11.1 Å². The fourth-order valence-electron chi connectivity index (χ4n) is 2.70. The number of fused-ring (bicyclic) bond motifs is 1. The number of urea groups is 1. The van der Waals surface area contributed by atoms with E-state index in [2.05, 4.69) is 10.6 Å². The molecule has 1 aliphatic heterocycles. The predicted octanol–water partition coefficient (Wildman–Crippen LogP) is 2.64. The number of carbonyl (C=O) groups is 1. The first kappa shape index (κ1) is 16.7. The SMILES string of the molecule is N#Cc1cccc(CNC(=O)NC2COc3c(F)cc(F)cc3C2)c1. The molecule has 7 heteroatoms. The van der Waals surface area contributed by atoms with Crippen LogP contribution in [0.25, 0.3) is 0 Å². The number of nitrogens with one attached hydrogen (secondary N) is 2. The highest BCUT2D eigenvalue weighted by Gasteiger charge is 2.24. The summed E-state index contributed by atoms with van der Waals surface area (Å²) in [6.07, 6.45) is 0.279. The lowest BCUT2D eigenvalue weighted by Gasteiger charge is -2.26. The van der Waals surface area contributed by atoms with E-state index in [-0.39, 0.29) is 31.4 Å². The van der Waals surface area contributed by atoms with Crippen LogP contribution in [0.5, 0.6) is 5.75 Å². The van der Waals surface area contributed by atoms with E-state index in [0.717, 1.165) is 11.6 Å². The molecule has 2 aromatic carbocycles. The second kappa shape index (κ2) is 7.18. The van der Waals surface area contributed by atoms with Crippen LogP contribution < -0.4 is 15.4 Å². The van der Waals surface area contributed by atoms with Gasteiger partial charge in [0, 0.05) is 18.2 Å². The summed E-state index contributed by atoms with van der Waals surface area (Å²) in [6, 6.07) is 10.1. The molecule has 0 aromatic heterocycles. The van der Waals surface area contributed by atoms with Gasteiger partial charge >= 0.3 is 6.03 Å². The zero-order chi connectivity index (χ0) is 17.8. The lowest BCUT2D eigenvalue weighted by molar-refractivity contribution is 0.209. The van der Waals surface area contributed by atoms with E-state index in [1.54, 1.807) is 24.3 Å². The second-order valence-electron chi connectivity index (χ2n) is 5.73. The van der Waals surface area contributed by atoms with E-state index in [1.165, 1.54) is 6.07 Å². The number of nitriles is 1. The molecule has 0 fully saturated rings. The van der Waals surface area contributed by atoms with Gasteiger partial charge in [0.15, 0.2) is 11.6 Å². The van der Waals surface area contributed by atoms with Gasteiger partial charge in [0.05, 0.1) is 17.7 Å². The van der Waals surface area contributed by atoms with Crippen LogP contribution in [0.4, 0.5) is 13.6 Å². The zero-order valence-electron chi connectivity index (χ0n) is 13.2. The highest BCUT2D eigenvalue weighted by atomic mass is 19.1. The van der Waals surface area contributed by atoms with Gasteiger partial charge in [-0.05, 0) is 30.2 Å². The number of amides is 2. The lowest BCUT2D eigenvalue weighted by atomic mass is 10.0. The van der Waals surface area contributed by atoms with Crippen LogP contribution in [0.15, 0.2) is 36.4 Å². The largest absolute Gasteiger partial charge is 0.488 e. The molecule has 2 aromatic rings. The molecule has 1 heterocycles. The molecule has 2 N–H and O–H groups in total. The minimum Gasteiger partial charge on any atom is -0.488 e. The maximum absolute atomic E-state index is 13.6. The Morgan fingerprint density at radius 2 is 2.16 bits per heavy atom. The third-order valence-corrected chi connectivity index (χ3v) is 3.82. The monoisotopic (exact) mass is 343 g/mol. The molecule has 25 heavy (non-hydrogen) atoms. The summed E-state index contributed by atoms with van der Waals surface area (Å²) >= 11 is 0. The Kier molecular flexibility index (Phi) is 4.80. The number of nitrogens with zero attached hydrogens (tertiary/aromatic N) is 1. The zero-order valence-corrected chi connectivity index (χ0v) is 13.2. The van der Waals surface area contributed by atoms with Crippen molar-refractivity contribution in [1.82, 2.24) is 10.6 Å².